The fraction of sp³-hybridized carbons (Fsp3) is 0.389. The molecular formula is C18H22N2O5. The zero-order valence-corrected chi connectivity index (χ0v) is 15.3. The van der Waals surface area contributed by atoms with Crippen LogP contribution in [0.15, 0.2) is 12.3 Å². The molecule has 7 nitrogen and oxygen atoms in total. The lowest BCUT2D eigenvalue weighted by atomic mass is 10.0. The van der Waals surface area contributed by atoms with E-state index in [1.54, 1.807) is 23.9 Å². The molecule has 0 saturated heterocycles. The smallest absolute Gasteiger partial charge is 0.308 e. The van der Waals surface area contributed by atoms with Gasteiger partial charge < -0.3 is 18.8 Å². The predicted octanol–water partition coefficient (Wildman–Crippen LogP) is 3.13. The van der Waals surface area contributed by atoms with E-state index in [1.165, 1.54) is 13.8 Å². The lowest BCUT2D eigenvalue weighted by molar-refractivity contribution is -0.142. The van der Waals surface area contributed by atoms with Gasteiger partial charge in [-0.3, -0.25) is 9.59 Å². The maximum Gasteiger partial charge on any atom is 0.308 e. The summed E-state index contributed by atoms with van der Waals surface area (Å²) in [7, 11) is 1.80. The second kappa shape index (κ2) is 7.38. The molecule has 0 spiro atoms. The molecule has 1 heterocycles. The van der Waals surface area contributed by atoms with E-state index in [0.29, 0.717) is 23.2 Å². The number of aromatic nitrogens is 2. The van der Waals surface area contributed by atoms with Gasteiger partial charge in [0.15, 0.2) is 5.82 Å². The summed E-state index contributed by atoms with van der Waals surface area (Å²) in [5.74, 6) is 1.42. The van der Waals surface area contributed by atoms with E-state index in [1.807, 2.05) is 20.8 Å². The van der Waals surface area contributed by atoms with Gasteiger partial charge in [0.25, 0.3) is 0 Å². The molecule has 7 heteroatoms. The van der Waals surface area contributed by atoms with E-state index in [9.17, 15) is 9.59 Å². The van der Waals surface area contributed by atoms with Crippen LogP contribution in [-0.2, 0) is 28.0 Å². The second-order valence-electron chi connectivity index (χ2n) is 5.85. The molecule has 0 aliphatic rings. The molecule has 0 N–H and O–H groups in total. The van der Waals surface area contributed by atoms with Gasteiger partial charge in [-0.1, -0.05) is 0 Å². The first-order chi connectivity index (χ1) is 11.7. The summed E-state index contributed by atoms with van der Waals surface area (Å²) in [5.41, 5.74) is 2.49. The number of aryl methyl sites for hydroxylation is 2. The van der Waals surface area contributed by atoms with Crippen molar-refractivity contribution in [2.45, 2.75) is 41.2 Å². The number of nitrogens with zero attached hydrogens (tertiary/aromatic N) is 2. The van der Waals surface area contributed by atoms with Gasteiger partial charge in [-0.05, 0) is 43.5 Å². The Hall–Kier alpha value is -2.83. The van der Waals surface area contributed by atoms with E-state index in [4.69, 9.17) is 14.2 Å². The van der Waals surface area contributed by atoms with Crippen LogP contribution in [0.3, 0.4) is 0 Å². The van der Waals surface area contributed by atoms with Gasteiger partial charge in [-0.25, -0.2) is 0 Å². The van der Waals surface area contributed by atoms with Gasteiger partial charge in [-0.15, -0.1) is 0 Å². The molecule has 0 bridgehead atoms. The summed E-state index contributed by atoms with van der Waals surface area (Å²) in [6.07, 6.45) is 1.71. The summed E-state index contributed by atoms with van der Waals surface area (Å²) in [5, 5.41) is 0. The summed E-state index contributed by atoms with van der Waals surface area (Å²) in [4.78, 5) is 26.5. The Bertz CT molecular complexity index is 823. The van der Waals surface area contributed by atoms with Crippen molar-refractivity contribution in [3.05, 3.63) is 34.8 Å². The number of esters is 2. The van der Waals surface area contributed by atoms with E-state index >= 15 is 0 Å². The Kier molecular flexibility index (Phi) is 5.46. The van der Waals surface area contributed by atoms with Gasteiger partial charge in [-0.2, -0.15) is 4.98 Å². The van der Waals surface area contributed by atoms with Crippen molar-refractivity contribution >= 4 is 11.9 Å². The molecule has 0 radical (unpaired) electrons. The van der Waals surface area contributed by atoms with Gasteiger partial charge >= 0.3 is 11.9 Å². The zero-order chi connectivity index (χ0) is 18.7. The first kappa shape index (κ1) is 18.5. The van der Waals surface area contributed by atoms with Gasteiger partial charge in [0, 0.05) is 20.9 Å². The molecule has 0 unspecified atom stereocenters. The Morgan fingerprint density at radius 3 is 2.40 bits per heavy atom. The highest BCUT2D eigenvalue weighted by Crippen LogP contribution is 2.35. The molecule has 0 atom stereocenters. The number of hydrogen-bond donors (Lipinski definition) is 0. The van der Waals surface area contributed by atoms with Crippen LogP contribution in [-0.4, -0.2) is 21.5 Å². The van der Waals surface area contributed by atoms with Crippen LogP contribution in [0.1, 0.15) is 36.4 Å². The Labute approximate surface area is 146 Å². The van der Waals surface area contributed by atoms with Crippen LogP contribution in [0.4, 0.5) is 0 Å². The minimum Gasteiger partial charge on any atom is -0.458 e. The highest BCUT2D eigenvalue weighted by molar-refractivity contribution is 5.71. The maximum atomic E-state index is 11.3. The topological polar surface area (TPSA) is 79.7 Å². The fourth-order valence-electron chi connectivity index (χ4n) is 2.37. The number of ether oxygens (including phenoxy) is 3. The predicted molar refractivity (Wildman–Crippen MR) is 90.7 cm³/mol. The molecule has 1 aromatic carbocycles. The number of hydrogen-bond acceptors (Lipinski definition) is 6. The van der Waals surface area contributed by atoms with Crippen molar-refractivity contribution in [1.82, 2.24) is 9.55 Å². The van der Waals surface area contributed by atoms with Crippen molar-refractivity contribution in [2.75, 3.05) is 0 Å². The number of imidazole rings is 1. The third-order valence-corrected chi connectivity index (χ3v) is 3.79. The summed E-state index contributed by atoms with van der Waals surface area (Å²) < 4.78 is 17.9. The first-order valence-electron chi connectivity index (χ1n) is 7.81. The number of carbonyl (C=O) groups is 2. The number of rotatable bonds is 5. The van der Waals surface area contributed by atoms with Crippen LogP contribution in [0.25, 0.3) is 0 Å². The van der Waals surface area contributed by atoms with Crippen molar-refractivity contribution in [3.63, 3.8) is 0 Å². The number of carbonyl (C=O) groups excluding carboxylic acids is 2. The zero-order valence-electron chi connectivity index (χ0n) is 15.3. The Morgan fingerprint density at radius 1 is 1.12 bits per heavy atom. The van der Waals surface area contributed by atoms with Crippen LogP contribution >= 0.6 is 0 Å². The largest absolute Gasteiger partial charge is 0.458 e. The van der Waals surface area contributed by atoms with E-state index in [-0.39, 0.29) is 18.5 Å². The quantitative estimate of drug-likeness (QED) is 0.611. The summed E-state index contributed by atoms with van der Waals surface area (Å²) in [6.45, 7) is 8.41. The van der Waals surface area contributed by atoms with Crippen molar-refractivity contribution in [1.29, 1.82) is 0 Å². The van der Waals surface area contributed by atoms with Crippen molar-refractivity contribution < 1.29 is 23.8 Å². The molecule has 0 fully saturated rings. The Morgan fingerprint density at radius 2 is 1.80 bits per heavy atom. The minimum absolute atomic E-state index is 0.0810. The third kappa shape index (κ3) is 4.37. The normalized spacial score (nSPS) is 10.5. The lowest BCUT2D eigenvalue weighted by Gasteiger charge is -2.15. The molecule has 2 aromatic rings. The molecule has 2 rings (SSSR count). The number of benzene rings is 1. The monoisotopic (exact) mass is 346 g/mol. The standard InChI is InChI=1S/C18H22N2O5/c1-10-7-15(11(2)12(3)18(10)24-14(5)22)25-17-8-20(6)16(19-17)9-23-13(4)21/h7-8H,9H2,1-6H3. The van der Waals surface area contributed by atoms with Crippen LogP contribution < -0.4 is 9.47 Å². The highest BCUT2D eigenvalue weighted by atomic mass is 16.5. The molecule has 0 aliphatic carbocycles. The fourth-order valence-corrected chi connectivity index (χ4v) is 2.37. The molecule has 0 saturated carbocycles. The first-order valence-corrected chi connectivity index (χ1v) is 7.81. The average molecular weight is 346 g/mol. The van der Waals surface area contributed by atoms with Gasteiger partial charge in [0.05, 0.1) is 6.20 Å². The van der Waals surface area contributed by atoms with E-state index in [0.717, 1.165) is 16.7 Å². The van der Waals surface area contributed by atoms with Crippen LogP contribution in [0, 0.1) is 20.8 Å². The van der Waals surface area contributed by atoms with Crippen molar-refractivity contribution in [2.24, 2.45) is 7.05 Å². The van der Waals surface area contributed by atoms with Crippen molar-refractivity contribution in [3.8, 4) is 17.4 Å². The maximum absolute atomic E-state index is 11.3. The van der Waals surface area contributed by atoms with E-state index in [2.05, 4.69) is 4.98 Å². The molecule has 0 amide bonds. The molecule has 134 valence electrons. The highest BCUT2D eigenvalue weighted by Gasteiger charge is 2.16. The van der Waals surface area contributed by atoms with Crippen LogP contribution in [0.5, 0.6) is 17.4 Å². The van der Waals surface area contributed by atoms with Gasteiger partial charge in [0.1, 0.15) is 18.1 Å². The third-order valence-electron chi connectivity index (χ3n) is 3.79. The van der Waals surface area contributed by atoms with Gasteiger partial charge in [0.2, 0.25) is 5.88 Å². The lowest BCUT2D eigenvalue weighted by Crippen LogP contribution is -2.06. The minimum atomic E-state index is -0.367. The summed E-state index contributed by atoms with van der Waals surface area (Å²) in [6, 6.07) is 1.81. The average Bonchev–Trinajstić information content (AvgIpc) is 2.86. The van der Waals surface area contributed by atoms with E-state index < -0.39 is 0 Å². The second-order valence-corrected chi connectivity index (χ2v) is 5.85. The Balaban J connectivity index is 2.27. The molecule has 25 heavy (non-hydrogen) atoms. The molecular weight excluding hydrogens is 324 g/mol. The SMILES string of the molecule is CC(=O)OCc1nc(Oc2cc(C)c(OC(C)=O)c(C)c2C)cn1C. The van der Waals surface area contributed by atoms with Crippen LogP contribution in [0.2, 0.25) is 0 Å². The molecule has 0 aliphatic heterocycles. The molecule has 1 aromatic heterocycles. The summed E-state index contributed by atoms with van der Waals surface area (Å²) >= 11 is 0.